The van der Waals surface area contributed by atoms with Crippen LogP contribution in [0.2, 0.25) is 0 Å². The number of hydrogen-bond acceptors (Lipinski definition) is 4. The first-order valence-corrected chi connectivity index (χ1v) is 9.38. The molecule has 0 aromatic heterocycles. The lowest BCUT2D eigenvalue weighted by molar-refractivity contribution is 0.320. The highest BCUT2D eigenvalue weighted by Crippen LogP contribution is 2.38. The van der Waals surface area contributed by atoms with E-state index < -0.39 is 0 Å². The molecular formula is C19H30N2O3S. The second-order valence-electron chi connectivity index (χ2n) is 6.31. The minimum atomic E-state index is 0.535. The summed E-state index contributed by atoms with van der Waals surface area (Å²) in [6.07, 6.45) is 5.65. The van der Waals surface area contributed by atoms with E-state index in [2.05, 4.69) is 17.1 Å². The topological polar surface area (TPSA) is 43.0 Å². The van der Waals surface area contributed by atoms with E-state index in [0.717, 1.165) is 31.0 Å². The summed E-state index contributed by atoms with van der Waals surface area (Å²) in [6, 6.07) is 4.58. The SMILES string of the molecule is CCCC[C@@H]1CNC(=S)N1CCCc1cc(OC)c(OC)c(OC)c1. The third-order valence-electron chi connectivity index (χ3n) is 4.67. The van der Waals surface area contributed by atoms with Crippen molar-refractivity contribution in [3.05, 3.63) is 17.7 Å². The zero-order valence-electron chi connectivity index (χ0n) is 15.8. The molecule has 1 aromatic rings. The molecule has 2 rings (SSSR count). The fourth-order valence-electron chi connectivity index (χ4n) is 3.30. The average molecular weight is 367 g/mol. The number of thiocarbonyl (C=S) groups is 1. The number of hydrogen-bond donors (Lipinski definition) is 1. The fraction of sp³-hybridized carbons (Fsp3) is 0.632. The van der Waals surface area contributed by atoms with Crippen molar-refractivity contribution in [1.82, 2.24) is 10.2 Å². The van der Waals surface area contributed by atoms with Crippen molar-refractivity contribution < 1.29 is 14.2 Å². The minimum absolute atomic E-state index is 0.535. The zero-order valence-corrected chi connectivity index (χ0v) is 16.6. The van der Waals surface area contributed by atoms with Crippen molar-refractivity contribution in [3.63, 3.8) is 0 Å². The monoisotopic (exact) mass is 366 g/mol. The molecule has 1 aliphatic rings. The van der Waals surface area contributed by atoms with Gasteiger partial charge in [-0.1, -0.05) is 19.8 Å². The molecule has 1 aliphatic heterocycles. The highest BCUT2D eigenvalue weighted by molar-refractivity contribution is 7.80. The standard InChI is InChI=1S/C19H30N2O3S/c1-5-6-9-15-13-20-19(25)21(15)10-7-8-14-11-16(22-2)18(24-4)17(12-14)23-3/h11-12,15H,5-10,13H2,1-4H3,(H,20,25)/t15-/m1/s1. The van der Waals surface area contributed by atoms with Crippen molar-refractivity contribution in [1.29, 1.82) is 0 Å². The van der Waals surface area contributed by atoms with E-state index in [9.17, 15) is 0 Å². The molecule has 1 aromatic carbocycles. The second kappa shape index (κ2) is 9.70. The Morgan fingerprint density at radius 3 is 2.36 bits per heavy atom. The Bertz CT molecular complexity index is 555. The average Bonchev–Trinajstić information content (AvgIpc) is 2.98. The molecule has 6 heteroatoms. The van der Waals surface area contributed by atoms with Gasteiger partial charge in [-0.15, -0.1) is 0 Å². The predicted octanol–water partition coefficient (Wildman–Crippen LogP) is 3.39. The Kier molecular flexibility index (Phi) is 7.62. The van der Waals surface area contributed by atoms with E-state index in [4.69, 9.17) is 26.4 Å². The number of ether oxygens (including phenoxy) is 3. The fourth-order valence-corrected chi connectivity index (χ4v) is 3.62. The molecule has 5 nitrogen and oxygen atoms in total. The molecule has 0 aliphatic carbocycles. The molecule has 140 valence electrons. The summed E-state index contributed by atoms with van der Waals surface area (Å²) >= 11 is 5.47. The smallest absolute Gasteiger partial charge is 0.203 e. The third-order valence-corrected chi connectivity index (χ3v) is 5.05. The minimum Gasteiger partial charge on any atom is -0.493 e. The van der Waals surface area contributed by atoms with Crippen LogP contribution in [-0.4, -0.2) is 50.5 Å². The van der Waals surface area contributed by atoms with Crippen LogP contribution in [0.3, 0.4) is 0 Å². The van der Waals surface area contributed by atoms with E-state index in [1.54, 1.807) is 21.3 Å². The van der Waals surface area contributed by atoms with Gasteiger partial charge in [0.15, 0.2) is 16.6 Å². The van der Waals surface area contributed by atoms with Gasteiger partial charge >= 0.3 is 0 Å². The van der Waals surface area contributed by atoms with Crippen LogP contribution in [0.15, 0.2) is 12.1 Å². The van der Waals surface area contributed by atoms with E-state index in [-0.39, 0.29) is 0 Å². The Balaban J connectivity index is 1.97. The van der Waals surface area contributed by atoms with Gasteiger partial charge in [-0.2, -0.15) is 0 Å². The largest absolute Gasteiger partial charge is 0.493 e. The molecule has 0 saturated carbocycles. The number of methoxy groups -OCH3 is 3. The molecule has 1 N–H and O–H groups in total. The number of unbranched alkanes of at least 4 members (excludes halogenated alkanes) is 1. The molecule has 0 radical (unpaired) electrons. The van der Waals surface area contributed by atoms with E-state index >= 15 is 0 Å². The van der Waals surface area contributed by atoms with Crippen molar-refractivity contribution in [3.8, 4) is 17.2 Å². The van der Waals surface area contributed by atoms with Gasteiger partial charge in [0.2, 0.25) is 5.75 Å². The number of nitrogens with one attached hydrogen (secondary N) is 1. The summed E-state index contributed by atoms with van der Waals surface area (Å²) in [7, 11) is 4.92. The van der Waals surface area contributed by atoms with Gasteiger partial charge in [-0.05, 0) is 49.2 Å². The molecule has 0 unspecified atom stereocenters. The maximum Gasteiger partial charge on any atom is 0.203 e. The molecule has 0 spiro atoms. The number of aryl methyl sites for hydroxylation is 1. The van der Waals surface area contributed by atoms with Gasteiger partial charge in [-0.3, -0.25) is 0 Å². The molecule has 0 amide bonds. The van der Waals surface area contributed by atoms with Crippen molar-refractivity contribution in [2.45, 2.75) is 45.1 Å². The first-order valence-electron chi connectivity index (χ1n) is 8.97. The maximum atomic E-state index is 5.47. The van der Waals surface area contributed by atoms with Crippen LogP contribution >= 0.6 is 12.2 Å². The molecule has 0 bridgehead atoms. The first kappa shape index (κ1) is 19.6. The van der Waals surface area contributed by atoms with E-state index in [0.29, 0.717) is 23.3 Å². The van der Waals surface area contributed by atoms with E-state index in [1.165, 1.54) is 24.8 Å². The summed E-state index contributed by atoms with van der Waals surface area (Å²) < 4.78 is 16.2. The first-order chi connectivity index (χ1) is 12.1. The lowest BCUT2D eigenvalue weighted by Gasteiger charge is -2.25. The third kappa shape index (κ3) is 4.91. The van der Waals surface area contributed by atoms with Gasteiger partial charge < -0.3 is 24.4 Å². The highest BCUT2D eigenvalue weighted by atomic mass is 32.1. The Hall–Kier alpha value is -1.69. The Labute approximate surface area is 156 Å². The van der Waals surface area contributed by atoms with Crippen LogP contribution in [0, 0.1) is 0 Å². The Morgan fingerprint density at radius 1 is 1.12 bits per heavy atom. The van der Waals surface area contributed by atoms with E-state index in [1.807, 2.05) is 12.1 Å². The van der Waals surface area contributed by atoms with Crippen LogP contribution in [0.5, 0.6) is 17.2 Å². The number of rotatable bonds is 10. The van der Waals surface area contributed by atoms with Gasteiger partial charge in [0.05, 0.1) is 21.3 Å². The second-order valence-corrected chi connectivity index (χ2v) is 6.70. The summed E-state index contributed by atoms with van der Waals surface area (Å²) in [6.45, 7) is 4.18. The van der Waals surface area contributed by atoms with Crippen molar-refractivity contribution in [2.24, 2.45) is 0 Å². The molecule has 25 heavy (non-hydrogen) atoms. The zero-order chi connectivity index (χ0) is 18.2. The van der Waals surface area contributed by atoms with Crippen LogP contribution in [0.25, 0.3) is 0 Å². The molecule has 1 saturated heterocycles. The molecule has 1 heterocycles. The van der Waals surface area contributed by atoms with Crippen LogP contribution in [0.1, 0.15) is 38.2 Å². The van der Waals surface area contributed by atoms with Crippen LogP contribution < -0.4 is 19.5 Å². The summed E-state index contributed by atoms with van der Waals surface area (Å²) in [5, 5.41) is 4.22. The van der Waals surface area contributed by atoms with Crippen LogP contribution in [-0.2, 0) is 6.42 Å². The summed E-state index contributed by atoms with van der Waals surface area (Å²) in [4.78, 5) is 2.35. The van der Waals surface area contributed by atoms with Crippen molar-refractivity contribution in [2.75, 3.05) is 34.4 Å². The number of nitrogens with zero attached hydrogens (tertiary/aromatic N) is 1. The van der Waals surface area contributed by atoms with Gasteiger partial charge in [0.1, 0.15) is 0 Å². The highest BCUT2D eigenvalue weighted by Gasteiger charge is 2.26. The number of benzene rings is 1. The Morgan fingerprint density at radius 2 is 1.80 bits per heavy atom. The molecular weight excluding hydrogens is 336 g/mol. The summed E-state index contributed by atoms with van der Waals surface area (Å²) in [5.74, 6) is 2.05. The lowest BCUT2D eigenvalue weighted by atomic mass is 10.1. The lowest BCUT2D eigenvalue weighted by Crippen LogP contribution is -2.35. The normalized spacial score (nSPS) is 16.7. The van der Waals surface area contributed by atoms with Crippen LogP contribution in [0.4, 0.5) is 0 Å². The summed E-state index contributed by atoms with van der Waals surface area (Å²) in [5.41, 5.74) is 1.18. The maximum absolute atomic E-state index is 5.47. The van der Waals surface area contributed by atoms with Gasteiger partial charge in [0.25, 0.3) is 0 Å². The quantitative estimate of drug-likeness (QED) is 0.640. The van der Waals surface area contributed by atoms with Gasteiger partial charge in [0, 0.05) is 19.1 Å². The van der Waals surface area contributed by atoms with Gasteiger partial charge in [-0.25, -0.2) is 0 Å². The molecule has 1 atom stereocenters. The molecule has 1 fully saturated rings. The predicted molar refractivity (Wildman–Crippen MR) is 105 cm³/mol. The van der Waals surface area contributed by atoms with Crippen molar-refractivity contribution >= 4 is 17.3 Å².